The molecule has 110 valence electrons. The van der Waals surface area contributed by atoms with Crippen LogP contribution in [0.15, 0.2) is 36.4 Å². The van der Waals surface area contributed by atoms with Crippen molar-refractivity contribution in [1.82, 2.24) is 0 Å². The minimum absolute atomic E-state index is 0.0288. The van der Waals surface area contributed by atoms with Gasteiger partial charge in [-0.15, -0.1) is 0 Å². The first-order valence-corrected chi connectivity index (χ1v) is 6.99. The Morgan fingerprint density at radius 3 is 2.57 bits per heavy atom. The molecule has 1 unspecified atom stereocenters. The summed E-state index contributed by atoms with van der Waals surface area (Å²) >= 11 is 5.70. The molecule has 0 radical (unpaired) electrons. The summed E-state index contributed by atoms with van der Waals surface area (Å²) in [4.78, 5) is 12.4. The Labute approximate surface area is 128 Å². The van der Waals surface area contributed by atoms with Crippen LogP contribution in [-0.4, -0.2) is 11.9 Å². The van der Waals surface area contributed by atoms with Crippen LogP contribution < -0.4 is 4.74 Å². The average molecular weight is 307 g/mol. The maximum atomic E-state index is 13.1. The lowest BCUT2D eigenvalue weighted by Crippen LogP contribution is -2.24. The van der Waals surface area contributed by atoms with Crippen molar-refractivity contribution >= 4 is 17.4 Å². The minimum atomic E-state index is -0.674. The molecule has 0 heterocycles. The lowest BCUT2D eigenvalue weighted by Gasteiger charge is -2.15. The Kier molecular flexibility index (Phi) is 4.63. The van der Waals surface area contributed by atoms with Crippen LogP contribution in [-0.2, 0) is 0 Å². The standard InChI is InChI=1S/C17H16ClFO2/c1-10-4-5-11(2)14(8-10)17(20)12(3)21-13-6-7-16(19)15(18)9-13/h4-9,12H,1-3H3. The Morgan fingerprint density at radius 1 is 1.19 bits per heavy atom. The smallest absolute Gasteiger partial charge is 0.203 e. The van der Waals surface area contributed by atoms with Gasteiger partial charge in [0.1, 0.15) is 11.6 Å². The van der Waals surface area contributed by atoms with E-state index in [2.05, 4.69) is 0 Å². The molecule has 0 aromatic heterocycles. The van der Waals surface area contributed by atoms with Gasteiger partial charge in [-0.1, -0.05) is 29.3 Å². The molecule has 2 rings (SSSR count). The molecule has 0 aliphatic heterocycles. The van der Waals surface area contributed by atoms with Gasteiger partial charge in [-0.05, 0) is 44.5 Å². The SMILES string of the molecule is Cc1ccc(C)c(C(=O)C(C)Oc2ccc(F)c(Cl)c2)c1. The average Bonchev–Trinajstić information content (AvgIpc) is 2.44. The molecule has 2 aromatic carbocycles. The van der Waals surface area contributed by atoms with Gasteiger partial charge in [0.2, 0.25) is 5.78 Å². The van der Waals surface area contributed by atoms with E-state index < -0.39 is 11.9 Å². The van der Waals surface area contributed by atoms with E-state index in [9.17, 15) is 9.18 Å². The lowest BCUT2D eigenvalue weighted by atomic mass is 9.99. The Balaban J connectivity index is 2.19. The summed E-state index contributed by atoms with van der Waals surface area (Å²) in [7, 11) is 0. The molecule has 0 N–H and O–H groups in total. The van der Waals surface area contributed by atoms with E-state index in [0.717, 1.165) is 11.1 Å². The zero-order chi connectivity index (χ0) is 15.6. The van der Waals surface area contributed by atoms with E-state index in [-0.39, 0.29) is 10.8 Å². The van der Waals surface area contributed by atoms with Crippen LogP contribution in [0.5, 0.6) is 5.75 Å². The van der Waals surface area contributed by atoms with E-state index in [4.69, 9.17) is 16.3 Å². The van der Waals surface area contributed by atoms with E-state index >= 15 is 0 Å². The van der Waals surface area contributed by atoms with Crippen molar-refractivity contribution in [2.24, 2.45) is 0 Å². The molecule has 0 bridgehead atoms. The zero-order valence-corrected chi connectivity index (χ0v) is 12.9. The van der Waals surface area contributed by atoms with E-state index in [0.29, 0.717) is 11.3 Å². The molecule has 0 fully saturated rings. The minimum Gasteiger partial charge on any atom is -0.483 e. The fraction of sp³-hybridized carbons (Fsp3) is 0.235. The predicted molar refractivity (Wildman–Crippen MR) is 81.7 cm³/mol. The fourth-order valence-corrected chi connectivity index (χ4v) is 2.20. The molecule has 0 saturated carbocycles. The van der Waals surface area contributed by atoms with Gasteiger partial charge in [-0.3, -0.25) is 4.79 Å². The Morgan fingerprint density at radius 2 is 1.90 bits per heavy atom. The highest BCUT2D eigenvalue weighted by Gasteiger charge is 2.19. The van der Waals surface area contributed by atoms with E-state index in [1.807, 2.05) is 32.0 Å². The Hall–Kier alpha value is -1.87. The van der Waals surface area contributed by atoms with Gasteiger partial charge in [0, 0.05) is 11.6 Å². The van der Waals surface area contributed by atoms with Crippen molar-refractivity contribution in [2.75, 3.05) is 0 Å². The highest BCUT2D eigenvalue weighted by atomic mass is 35.5. The second kappa shape index (κ2) is 6.27. The monoisotopic (exact) mass is 306 g/mol. The predicted octanol–water partition coefficient (Wildman–Crippen LogP) is 4.75. The van der Waals surface area contributed by atoms with E-state index in [1.165, 1.54) is 18.2 Å². The van der Waals surface area contributed by atoms with Crippen molar-refractivity contribution in [3.63, 3.8) is 0 Å². The maximum absolute atomic E-state index is 13.1. The number of rotatable bonds is 4. The normalized spacial score (nSPS) is 12.0. The van der Waals surface area contributed by atoms with Gasteiger partial charge in [0.25, 0.3) is 0 Å². The third kappa shape index (κ3) is 3.61. The van der Waals surface area contributed by atoms with Gasteiger partial charge >= 0.3 is 0 Å². The molecule has 2 nitrogen and oxygen atoms in total. The highest BCUT2D eigenvalue weighted by Crippen LogP contribution is 2.23. The zero-order valence-electron chi connectivity index (χ0n) is 12.1. The van der Waals surface area contributed by atoms with Crippen LogP contribution in [0.4, 0.5) is 4.39 Å². The van der Waals surface area contributed by atoms with Crippen LogP contribution in [0.25, 0.3) is 0 Å². The summed E-state index contributed by atoms with van der Waals surface area (Å²) in [5.74, 6) is -0.262. The molecule has 0 aliphatic carbocycles. The van der Waals surface area contributed by atoms with Crippen molar-refractivity contribution < 1.29 is 13.9 Å². The molecular formula is C17H16ClFO2. The number of aryl methyl sites for hydroxylation is 2. The number of benzene rings is 2. The van der Waals surface area contributed by atoms with Gasteiger partial charge < -0.3 is 4.74 Å². The first-order valence-electron chi connectivity index (χ1n) is 6.61. The lowest BCUT2D eigenvalue weighted by molar-refractivity contribution is 0.0817. The van der Waals surface area contributed by atoms with Crippen molar-refractivity contribution in [3.05, 3.63) is 63.9 Å². The van der Waals surface area contributed by atoms with E-state index in [1.54, 1.807) is 6.92 Å². The van der Waals surface area contributed by atoms with Crippen LogP contribution in [0.3, 0.4) is 0 Å². The van der Waals surface area contributed by atoms with Crippen LogP contribution in [0, 0.1) is 19.7 Å². The van der Waals surface area contributed by atoms with Crippen molar-refractivity contribution in [1.29, 1.82) is 0 Å². The molecule has 2 aromatic rings. The van der Waals surface area contributed by atoms with Gasteiger partial charge in [-0.25, -0.2) is 4.39 Å². The van der Waals surface area contributed by atoms with Crippen LogP contribution in [0.1, 0.15) is 28.4 Å². The molecule has 0 aliphatic rings. The summed E-state index contributed by atoms with van der Waals surface area (Å²) in [6, 6.07) is 9.74. The van der Waals surface area contributed by atoms with Gasteiger partial charge in [0.05, 0.1) is 5.02 Å². The third-order valence-electron chi connectivity index (χ3n) is 3.23. The second-order valence-corrected chi connectivity index (χ2v) is 5.43. The number of ether oxygens (including phenoxy) is 1. The van der Waals surface area contributed by atoms with Crippen LogP contribution >= 0.6 is 11.6 Å². The third-order valence-corrected chi connectivity index (χ3v) is 3.52. The molecule has 21 heavy (non-hydrogen) atoms. The number of hydrogen-bond donors (Lipinski definition) is 0. The number of halogens is 2. The number of ketones is 1. The van der Waals surface area contributed by atoms with Gasteiger partial charge in [-0.2, -0.15) is 0 Å². The largest absolute Gasteiger partial charge is 0.483 e. The summed E-state index contributed by atoms with van der Waals surface area (Å²) in [6.45, 7) is 5.48. The molecule has 4 heteroatoms. The first-order chi connectivity index (χ1) is 9.88. The first kappa shape index (κ1) is 15.5. The molecule has 0 saturated heterocycles. The summed E-state index contributed by atoms with van der Waals surface area (Å²) in [5, 5.41) is -0.0288. The molecule has 0 spiro atoms. The quantitative estimate of drug-likeness (QED) is 0.762. The fourth-order valence-electron chi connectivity index (χ4n) is 2.03. The highest BCUT2D eigenvalue weighted by molar-refractivity contribution is 6.30. The number of hydrogen-bond acceptors (Lipinski definition) is 2. The summed E-state index contributed by atoms with van der Waals surface area (Å²) in [5.41, 5.74) is 2.55. The molecular weight excluding hydrogens is 291 g/mol. The van der Waals surface area contributed by atoms with Crippen molar-refractivity contribution in [2.45, 2.75) is 26.9 Å². The topological polar surface area (TPSA) is 26.3 Å². The summed E-state index contributed by atoms with van der Waals surface area (Å²) < 4.78 is 18.7. The second-order valence-electron chi connectivity index (χ2n) is 5.02. The van der Waals surface area contributed by atoms with Gasteiger partial charge in [0.15, 0.2) is 6.10 Å². The number of carbonyl (C=O) groups excluding carboxylic acids is 1. The van der Waals surface area contributed by atoms with Crippen LogP contribution in [0.2, 0.25) is 5.02 Å². The molecule has 1 atom stereocenters. The number of Topliss-reactive ketones (excluding diaryl/α,β-unsaturated/α-hetero) is 1. The number of carbonyl (C=O) groups is 1. The summed E-state index contributed by atoms with van der Waals surface area (Å²) in [6.07, 6.45) is -0.674. The Bertz CT molecular complexity index is 682. The maximum Gasteiger partial charge on any atom is 0.203 e. The molecule has 0 amide bonds. The van der Waals surface area contributed by atoms with Crippen molar-refractivity contribution in [3.8, 4) is 5.75 Å².